The van der Waals surface area contributed by atoms with Crippen LogP contribution in [0.25, 0.3) is 11.1 Å². The lowest BCUT2D eigenvalue weighted by Crippen LogP contribution is -2.59. The second-order valence-corrected chi connectivity index (χ2v) is 10.7. The molecule has 4 rings (SSSR count). The number of hydrogen-bond donors (Lipinski definition) is 1. The Balaban J connectivity index is 1.41. The van der Waals surface area contributed by atoms with E-state index in [1.807, 2.05) is 29.2 Å². The van der Waals surface area contributed by atoms with Gasteiger partial charge in [-0.25, -0.2) is 0 Å². The third kappa shape index (κ3) is 6.32. The highest BCUT2D eigenvalue weighted by Crippen LogP contribution is 2.28. The number of aromatic amines is 1. The first-order valence-corrected chi connectivity index (χ1v) is 12.7. The molecule has 2 aromatic heterocycles. The average Bonchev–Trinajstić information content (AvgIpc) is 3.26. The standard InChI is InChI=1S/C26H28ClN3O4S/c1-17(2)13-21-26(33)29(11-12-30(21)24(32)16-34-25-10-8-22(27)35-25)15-18-3-5-19(6-4-18)20-7-9-23(31)28-14-20/h3-10,14,17,21H,11-13,15-16H2,1-2H3,(H,28,31)/t21-/m0/s1. The molecule has 0 aliphatic carbocycles. The van der Waals surface area contributed by atoms with Gasteiger partial charge in [0.05, 0.1) is 4.34 Å². The second kappa shape index (κ2) is 11.1. The highest BCUT2D eigenvalue weighted by atomic mass is 35.5. The van der Waals surface area contributed by atoms with Gasteiger partial charge in [-0.1, -0.05) is 61.1 Å². The Morgan fingerprint density at radius 1 is 1.09 bits per heavy atom. The molecule has 35 heavy (non-hydrogen) atoms. The number of halogens is 1. The van der Waals surface area contributed by atoms with E-state index < -0.39 is 6.04 Å². The van der Waals surface area contributed by atoms with E-state index in [0.29, 0.717) is 35.5 Å². The molecule has 3 heterocycles. The Morgan fingerprint density at radius 3 is 2.46 bits per heavy atom. The lowest BCUT2D eigenvalue weighted by Gasteiger charge is -2.41. The van der Waals surface area contributed by atoms with Gasteiger partial charge < -0.3 is 19.5 Å². The number of amides is 2. The zero-order chi connectivity index (χ0) is 24.9. The van der Waals surface area contributed by atoms with Gasteiger partial charge in [0.25, 0.3) is 5.91 Å². The fourth-order valence-corrected chi connectivity index (χ4v) is 5.05. The van der Waals surface area contributed by atoms with Crippen LogP contribution in [0.5, 0.6) is 5.06 Å². The third-order valence-corrected chi connectivity index (χ3v) is 7.07. The maximum absolute atomic E-state index is 13.4. The van der Waals surface area contributed by atoms with Gasteiger partial charge in [-0.15, -0.1) is 0 Å². The predicted molar refractivity (Wildman–Crippen MR) is 138 cm³/mol. The SMILES string of the molecule is CC(C)C[C@H]1C(=O)N(Cc2ccc(-c3ccc(=O)[nH]c3)cc2)CCN1C(=O)COc1ccc(Cl)s1. The quantitative estimate of drug-likeness (QED) is 0.483. The first-order valence-electron chi connectivity index (χ1n) is 11.5. The number of pyridine rings is 1. The molecule has 1 aliphatic rings. The second-order valence-electron chi connectivity index (χ2n) is 8.98. The molecule has 0 saturated carbocycles. The Hall–Kier alpha value is -3.10. The zero-order valence-corrected chi connectivity index (χ0v) is 21.3. The van der Waals surface area contributed by atoms with E-state index in [-0.39, 0.29) is 29.9 Å². The van der Waals surface area contributed by atoms with Crippen LogP contribution in [0.3, 0.4) is 0 Å². The number of thiophene rings is 1. The van der Waals surface area contributed by atoms with Gasteiger partial charge in [0, 0.05) is 31.9 Å². The number of benzene rings is 1. The van der Waals surface area contributed by atoms with Crippen LogP contribution >= 0.6 is 22.9 Å². The van der Waals surface area contributed by atoms with Crippen molar-refractivity contribution >= 4 is 34.8 Å². The van der Waals surface area contributed by atoms with Crippen LogP contribution in [0.1, 0.15) is 25.8 Å². The molecule has 1 fully saturated rings. The van der Waals surface area contributed by atoms with Crippen molar-refractivity contribution in [3.63, 3.8) is 0 Å². The first kappa shape index (κ1) is 25.0. The topological polar surface area (TPSA) is 82.7 Å². The van der Waals surface area contributed by atoms with Crippen molar-refractivity contribution in [2.45, 2.75) is 32.9 Å². The summed E-state index contributed by atoms with van der Waals surface area (Å²) < 4.78 is 6.20. The summed E-state index contributed by atoms with van der Waals surface area (Å²) >= 11 is 7.20. The van der Waals surface area contributed by atoms with Gasteiger partial charge in [-0.05, 0) is 47.2 Å². The van der Waals surface area contributed by atoms with Gasteiger partial charge in [0.15, 0.2) is 11.7 Å². The van der Waals surface area contributed by atoms with Crippen molar-refractivity contribution in [3.8, 4) is 16.2 Å². The van der Waals surface area contributed by atoms with E-state index in [1.54, 1.807) is 29.3 Å². The van der Waals surface area contributed by atoms with Crippen molar-refractivity contribution in [1.82, 2.24) is 14.8 Å². The number of nitrogens with one attached hydrogen (secondary N) is 1. The van der Waals surface area contributed by atoms with Gasteiger partial charge >= 0.3 is 0 Å². The number of carbonyl (C=O) groups excluding carboxylic acids is 2. The highest BCUT2D eigenvalue weighted by molar-refractivity contribution is 7.17. The average molecular weight is 514 g/mol. The molecular weight excluding hydrogens is 486 g/mol. The van der Waals surface area contributed by atoms with Crippen molar-refractivity contribution in [1.29, 1.82) is 0 Å². The van der Waals surface area contributed by atoms with Crippen molar-refractivity contribution in [3.05, 3.63) is 75.0 Å². The fourth-order valence-electron chi connectivity index (χ4n) is 4.17. The summed E-state index contributed by atoms with van der Waals surface area (Å²) in [4.78, 5) is 43.8. The Bertz CT molecular complexity index is 1220. The number of rotatable bonds is 8. The molecule has 1 atom stereocenters. The van der Waals surface area contributed by atoms with Crippen LogP contribution in [-0.4, -0.2) is 52.3 Å². The van der Waals surface area contributed by atoms with Crippen LogP contribution in [-0.2, 0) is 16.1 Å². The molecule has 0 radical (unpaired) electrons. The van der Waals surface area contributed by atoms with Crippen LogP contribution in [0.2, 0.25) is 4.34 Å². The Kier molecular flexibility index (Phi) is 7.93. The van der Waals surface area contributed by atoms with Crippen molar-refractivity contribution in [2.24, 2.45) is 5.92 Å². The van der Waals surface area contributed by atoms with Gasteiger partial charge in [-0.2, -0.15) is 0 Å². The maximum Gasteiger partial charge on any atom is 0.261 e. The molecule has 2 amide bonds. The lowest BCUT2D eigenvalue weighted by molar-refractivity contribution is -0.153. The van der Waals surface area contributed by atoms with E-state index in [4.69, 9.17) is 16.3 Å². The number of aromatic nitrogens is 1. The molecule has 1 saturated heterocycles. The summed E-state index contributed by atoms with van der Waals surface area (Å²) in [6.07, 6.45) is 2.28. The van der Waals surface area contributed by atoms with Crippen LogP contribution in [0.15, 0.2) is 59.5 Å². The predicted octanol–water partition coefficient (Wildman–Crippen LogP) is 4.42. The Morgan fingerprint density at radius 2 is 1.83 bits per heavy atom. The minimum atomic E-state index is -0.507. The number of hydrogen-bond acceptors (Lipinski definition) is 5. The smallest absolute Gasteiger partial charge is 0.261 e. The molecular formula is C26H28ClN3O4S. The molecule has 1 aromatic carbocycles. The van der Waals surface area contributed by atoms with Crippen molar-refractivity contribution < 1.29 is 14.3 Å². The summed E-state index contributed by atoms with van der Waals surface area (Å²) in [6.45, 7) is 5.39. The number of nitrogens with zero attached hydrogens (tertiary/aromatic N) is 2. The summed E-state index contributed by atoms with van der Waals surface area (Å²) in [5.74, 6) is 0.0217. The molecule has 0 unspecified atom stereocenters. The van der Waals surface area contributed by atoms with Crippen LogP contribution in [0.4, 0.5) is 0 Å². The van der Waals surface area contributed by atoms with E-state index in [2.05, 4.69) is 18.8 Å². The number of carbonyl (C=O) groups is 2. The largest absolute Gasteiger partial charge is 0.474 e. The summed E-state index contributed by atoms with van der Waals surface area (Å²) in [5, 5.41) is 0.582. The minimum Gasteiger partial charge on any atom is -0.474 e. The van der Waals surface area contributed by atoms with Gasteiger partial charge in [0.1, 0.15) is 6.04 Å². The van der Waals surface area contributed by atoms with Crippen molar-refractivity contribution in [2.75, 3.05) is 19.7 Å². The summed E-state index contributed by atoms with van der Waals surface area (Å²) in [7, 11) is 0. The van der Waals surface area contributed by atoms with E-state index in [0.717, 1.165) is 16.7 Å². The number of ether oxygens (including phenoxy) is 1. The molecule has 1 aliphatic heterocycles. The lowest BCUT2D eigenvalue weighted by atomic mass is 9.98. The number of H-pyrrole nitrogens is 1. The molecule has 184 valence electrons. The summed E-state index contributed by atoms with van der Waals surface area (Å²) in [6, 6.07) is 14.2. The van der Waals surface area contributed by atoms with E-state index >= 15 is 0 Å². The normalized spacial score (nSPS) is 16.1. The molecule has 7 nitrogen and oxygen atoms in total. The molecule has 0 spiro atoms. The molecule has 9 heteroatoms. The Labute approximate surface area is 213 Å². The molecule has 0 bridgehead atoms. The summed E-state index contributed by atoms with van der Waals surface area (Å²) in [5.41, 5.74) is 2.77. The maximum atomic E-state index is 13.4. The van der Waals surface area contributed by atoms with Gasteiger partial charge in [-0.3, -0.25) is 14.4 Å². The first-order chi connectivity index (χ1) is 16.8. The molecule has 3 aromatic rings. The molecule has 1 N–H and O–H groups in total. The van der Waals surface area contributed by atoms with Gasteiger partial charge in [0.2, 0.25) is 11.5 Å². The minimum absolute atomic E-state index is 0.0396. The van der Waals surface area contributed by atoms with Crippen LogP contribution in [0, 0.1) is 5.92 Å². The highest BCUT2D eigenvalue weighted by Gasteiger charge is 2.37. The zero-order valence-electron chi connectivity index (χ0n) is 19.7. The van der Waals surface area contributed by atoms with E-state index in [9.17, 15) is 14.4 Å². The van der Waals surface area contributed by atoms with E-state index in [1.165, 1.54) is 17.4 Å². The monoisotopic (exact) mass is 513 g/mol. The number of piperazine rings is 1. The van der Waals surface area contributed by atoms with Crippen LogP contribution < -0.4 is 10.3 Å². The third-order valence-electron chi connectivity index (χ3n) is 5.93. The fraction of sp³-hybridized carbons (Fsp3) is 0.346.